The van der Waals surface area contributed by atoms with Gasteiger partial charge >= 0.3 is 0 Å². The van der Waals surface area contributed by atoms with Crippen LogP contribution in [0.3, 0.4) is 0 Å². The lowest BCUT2D eigenvalue weighted by Crippen LogP contribution is -2.09. The van der Waals surface area contributed by atoms with Gasteiger partial charge in [0.1, 0.15) is 11.8 Å². The van der Waals surface area contributed by atoms with Crippen LogP contribution in [0.5, 0.6) is 0 Å². The second kappa shape index (κ2) is 5.34. The van der Waals surface area contributed by atoms with Crippen LogP contribution in [-0.4, -0.2) is 26.7 Å². The van der Waals surface area contributed by atoms with E-state index in [1.165, 1.54) is 11.1 Å². The third-order valence-corrected chi connectivity index (χ3v) is 3.61. The highest BCUT2D eigenvalue weighted by Crippen LogP contribution is 2.31. The van der Waals surface area contributed by atoms with E-state index in [1.807, 2.05) is 4.68 Å². The molecule has 2 aromatic rings. The van der Waals surface area contributed by atoms with Crippen molar-refractivity contribution in [3.63, 3.8) is 0 Å². The zero-order chi connectivity index (χ0) is 14.1. The van der Waals surface area contributed by atoms with Gasteiger partial charge in [0.15, 0.2) is 0 Å². The molecule has 1 aromatic heterocycles. The molecule has 1 aliphatic rings. The maximum Gasteiger partial charge on any atom is 0.114 e. The van der Waals surface area contributed by atoms with Gasteiger partial charge in [0.2, 0.25) is 0 Å². The molecule has 1 atom stereocenters. The van der Waals surface area contributed by atoms with Gasteiger partial charge in [-0.25, -0.2) is 4.68 Å². The summed E-state index contributed by atoms with van der Waals surface area (Å²) < 4.78 is 7.56. The molecule has 106 valence electrons. The predicted octanol–water partition coefficient (Wildman–Crippen LogP) is 2.23. The van der Waals surface area contributed by atoms with Crippen LogP contribution >= 0.6 is 0 Å². The van der Waals surface area contributed by atoms with Gasteiger partial charge in [-0.3, -0.25) is 0 Å². The zero-order valence-corrected chi connectivity index (χ0v) is 11.8. The molecule has 3 rings (SSSR count). The van der Waals surface area contributed by atoms with Crippen LogP contribution in [0.25, 0.3) is 5.69 Å². The number of aromatic nitrogens is 3. The smallest absolute Gasteiger partial charge is 0.114 e. The molecular formula is C15H19N3O2. The number of ether oxygens (including phenoxy) is 1. The Morgan fingerprint density at radius 1 is 1.30 bits per heavy atom. The van der Waals surface area contributed by atoms with Crippen LogP contribution in [0.2, 0.25) is 0 Å². The summed E-state index contributed by atoms with van der Waals surface area (Å²) in [4.78, 5) is 0. The molecule has 2 heterocycles. The van der Waals surface area contributed by atoms with Crippen molar-refractivity contribution in [1.29, 1.82) is 0 Å². The number of benzene rings is 1. The molecule has 0 radical (unpaired) electrons. The number of nitrogens with zero attached hydrogens (tertiary/aromatic N) is 3. The van der Waals surface area contributed by atoms with Gasteiger partial charge < -0.3 is 9.84 Å². The Kier molecular flexibility index (Phi) is 3.54. The lowest BCUT2D eigenvalue weighted by atomic mass is 10.1. The Bertz CT molecular complexity index is 595. The standard InChI is InChI=1S/C15H19N3O2/c1-10-6-11(2)8-12(7-10)18-15(13(9-19)16-17-18)14-4-3-5-20-14/h6-8,14,19H,3-5,9H2,1-2H3. The molecule has 1 saturated heterocycles. The summed E-state index contributed by atoms with van der Waals surface area (Å²) in [6.45, 7) is 4.77. The summed E-state index contributed by atoms with van der Waals surface area (Å²) >= 11 is 0. The minimum absolute atomic E-state index is 0.0204. The van der Waals surface area contributed by atoms with Gasteiger partial charge in [-0.15, -0.1) is 5.10 Å². The van der Waals surface area contributed by atoms with Crippen LogP contribution in [-0.2, 0) is 11.3 Å². The molecule has 0 bridgehead atoms. The summed E-state index contributed by atoms with van der Waals surface area (Å²) in [5.41, 5.74) is 4.82. The maximum absolute atomic E-state index is 9.48. The average Bonchev–Trinajstić information content (AvgIpc) is 3.06. The van der Waals surface area contributed by atoms with E-state index in [-0.39, 0.29) is 12.7 Å². The van der Waals surface area contributed by atoms with Crippen molar-refractivity contribution in [3.05, 3.63) is 40.7 Å². The van der Waals surface area contributed by atoms with Crippen LogP contribution in [0, 0.1) is 13.8 Å². The Morgan fingerprint density at radius 2 is 2.05 bits per heavy atom. The summed E-state index contributed by atoms with van der Waals surface area (Å²) in [6, 6.07) is 6.27. The molecule has 1 unspecified atom stereocenters. The van der Waals surface area contributed by atoms with Crippen molar-refractivity contribution in [3.8, 4) is 5.69 Å². The number of aliphatic hydroxyl groups is 1. The van der Waals surface area contributed by atoms with E-state index in [0.29, 0.717) is 5.69 Å². The Labute approximate surface area is 118 Å². The van der Waals surface area contributed by atoms with Gasteiger partial charge in [-0.1, -0.05) is 11.3 Å². The van der Waals surface area contributed by atoms with Crippen molar-refractivity contribution in [1.82, 2.24) is 15.0 Å². The van der Waals surface area contributed by atoms with Crippen molar-refractivity contribution in [2.75, 3.05) is 6.61 Å². The second-order valence-electron chi connectivity index (χ2n) is 5.34. The number of aliphatic hydroxyl groups excluding tert-OH is 1. The van der Waals surface area contributed by atoms with Crippen LogP contribution < -0.4 is 0 Å². The number of aryl methyl sites for hydroxylation is 2. The fraction of sp³-hybridized carbons (Fsp3) is 0.467. The first-order chi connectivity index (χ1) is 9.69. The normalized spacial score (nSPS) is 18.6. The predicted molar refractivity (Wildman–Crippen MR) is 74.7 cm³/mol. The first-order valence-electron chi connectivity index (χ1n) is 6.94. The van der Waals surface area contributed by atoms with Crippen molar-refractivity contribution in [2.24, 2.45) is 0 Å². The molecule has 1 aliphatic heterocycles. The molecule has 0 saturated carbocycles. The first-order valence-corrected chi connectivity index (χ1v) is 6.94. The third-order valence-electron chi connectivity index (χ3n) is 3.61. The number of hydrogen-bond donors (Lipinski definition) is 1. The number of rotatable bonds is 3. The van der Waals surface area contributed by atoms with Crippen LogP contribution in [0.15, 0.2) is 18.2 Å². The van der Waals surface area contributed by atoms with E-state index in [9.17, 15) is 5.11 Å². The SMILES string of the molecule is Cc1cc(C)cc(-n2nnc(CO)c2C2CCCO2)c1. The fourth-order valence-electron chi connectivity index (χ4n) is 2.81. The van der Waals surface area contributed by atoms with Crippen molar-refractivity contribution < 1.29 is 9.84 Å². The quantitative estimate of drug-likeness (QED) is 0.931. The largest absolute Gasteiger partial charge is 0.390 e. The molecule has 0 aliphatic carbocycles. The molecule has 5 heteroatoms. The molecular weight excluding hydrogens is 254 g/mol. The van der Waals surface area contributed by atoms with Crippen molar-refractivity contribution >= 4 is 0 Å². The molecule has 0 spiro atoms. The monoisotopic (exact) mass is 273 g/mol. The highest BCUT2D eigenvalue weighted by atomic mass is 16.5. The van der Waals surface area contributed by atoms with Gasteiger partial charge in [0.25, 0.3) is 0 Å². The Hall–Kier alpha value is -1.72. The first kappa shape index (κ1) is 13.3. The molecule has 1 aromatic carbocycles. The van der Waals surface area contributed by atoms with Gasteiger partial charge in [-0.2, -0.15) is 0 Å². The lowest BCUT2D eigenvalue weighted by molar-refractivity contribution is 0.104. The minimum Gasteiger partial charge on any atom is -0.390 e. The minimum atomic E-state index is -0.111. The van der Waals surface area contributed by atoms with E-state index in [2.05, 4.69) is 42.4 Å². The molecule has 1 N–H and O–H groups in total. The molecule has 5 nitrogen and oxygen atoms in total. The third kappa shape index (κ3) is 2.34. The van der Waals surface area contributed by atoms with Crippen molar-refractivity contribution in [2.45, 2.75) is 39.4 Å². The highest BCUT2D eigenvalue weighted by molar-refractivity contribution is 5.40. The van der Waals surface area contributed by atoms with Gasteiger partial charge in [0, 0.05) is 6.61 Å². The summed E-state index contributed by atoms with van der Waals surface area (Å²) in [6.07, 6.45) is 1.96. The molecule has 20 heavy (non-hydrogen) atoms. The summed E-state index contributed by atoms with van der Waals surface area (Å²) in [7, 11) is 0. The van der Waals surface area contributed by atoms with E-state index in [4.69, 9.17) is 4.74 Å². The van der Waals surface area contributed by atoms with Gasteiger partial charge in [0.05, 0.1) is 18.0 Å². The molecule has 1 fully saturated rings. The van der Waals surface area contributed by atoms with E-state index < -0.39 is 0 Å². The molecule has 0 amide bonds. The fourth-order valence-corrected chi connectivity index (χ4v) is 2.81. The summed E-state index contributed by atoms with van der Waals surface area (Å²) in [5.74, 6) is 0. The van der Waals surface area contributed by atoms with Crippen LogP contribution in [0.1, 0.15) is 41.5 Å². The lowest BCUT2D eigenvalue weighted by Gasteiger charge is -2.14. The van der Waals surface area contributed by atoms with E-state index in [0.717, 1.165) is 30.8 Å². The maximum atomic E-state index is 9.48. The Balaban J connectivity index is 2.10. The van der Waals surface area contributed by atoms with Crippen LogP contribution in [0.4, 0.5) is 0 Å². The average molecular weight is 273 g/mol. The summed E-state index contributed by atoms with van der Waals surface area (Å²) in [5, 5.41) is 17.8. The zero-order valence-electron chi connectivity index (χ0n) is 11.8. The second-order valence-corrected chi connectivity index (χ2v) is 5.34. The Morgan fingerprint density at radius 3 is 2.65 bits per heavy atom. The highest BCUT2D eigenvalue weighted by Gasteiger charge is 2.26. The van der Waals surface area contributed by atoms with E-state index >= 15 is 0 Å². The topological polar surface area (TPSA) is 60.2 Å². The number of hydrogen-bond acceptors (Lipinski definition) is 4. The van der Waals surface area contributed by atoms with Gasteiger partial charge in [-0.05, 0) is 49.9 Å². The van der Waals surface area contributed by atoms with E-state index in [1.54, 1.807) is 0 Å².